The number of piperazine rings is 1. The minimum absolute atomic E-state index is 0.0621. The fourth-order valence-corrected chi connectivity index (χ4v) is 3.23. The average Bonchev–Trinajstić information content (AvgIpc) is 2.71. The quantitative estimate of drug-likeness (QED) is 0.552. The van der Waals surface area contributed by atoms with Crippen molar-refractivity contribution in [2.75, 3.05) is 38.2 Å². The van der Waals surface area contributed by atoms with Gasteiger partial charge in [-0.05, 0) is 23.8 Å². The van der Waals surface area contributed by atoms with Crippen molar-refractivity contribution in [3.63, 3.8) is 0 Å². The molecule has 2 heterocycles. The first-order valence-electron chi connectivity index (χ1n) is 8.73. The fourth-order valence-electron chi connectivity index (χ4n) is 2.95. The van der Waals surface area contributed by atoms with Crippen molar-refractivity contribution >= 4 is 29.5 Å². The van der Waals surface area contributed by atoms with E-state index < -0.39 is 11.7 Å². The molecule has 2 aromatic rings. The van der Waals surface area contributed by atoms with Crippen LogP contribution in [-0.2, 0) is 11.0 Å². The predicted octanol–water partition coefficient (Wildman–Crippen LogP) is 3.70. The molecule has 3 rings (SSSR count). The van der Waals surface area contributed by atoms with E-state index in [1.54, 1.807) is 34.1 Å². The zero-order chi connectivity index (χ0) is 21.0. The Kier molecular flexibility index (Phi) is 6.26. The van der Waals surface area contributed by atoms with Crippen LogP contribution < -0.4 is 4.90 Å². The standard InChI is InChI=1S/C19H18ClF3N4O2/c1-29-25-11-13-2-4-14(5-3-13)18(28)27-8-6-26(7-9-27)17-16(20)10-15(12-24-17)19(21,22)23/h2-5,10-12H,6-9H2,1H3/b25-11+. The number of nitrogens with zero attached hydrogens (tertiary/aromatic N) is 4. The van der Waals surface area contributed by atoms with Crippen LogP contribution in [-0.4, -0.2) is 55.3 Å². The van der Waals surface area contributed by atoms with Crippen molar-refractivity contribution in [3.8, 4) is 0 Å². The molecule has 1 amide bonds. The first-order chi connectivity index (χ1) is 13.8. The van der Waals surface area contributed by atoms with Gasteiger partial charge in [-0.3, -0.25) is 4.79 Å². The molecular formula is C19H18ClF3N4O2. The molecular weight excluding hydrogens is 409 g/mol. The summed E-state index contributed by atoms with van der Waals surface area (Å²) < 4.78 is 38.3. The highest BCUT2D eigenvalue weighted by Crippen LogP contribution is 2.33. The number of hydrogen-bond donors (Lipinski definition) is 0. The summed E-state index contributed by atoms with van der Waals surface area (Å²) in [6.45, 7) is 1.65. The van der Waals surface area contributed by atoms with E-state index in [1.807, 2.05) is 0 Å². The van der Waals surface area contributed by atoms with E-state index in [2.05, 4.69) is 15.0 Å². The molecule has 6 nitrogen and oxygen atoms in total. The molecule has 0 aliphatic carbocycles. The third kappa shape index (κ3) is 4.97. The lowest BCUT2D eigenvalue weighted by atomic mass is 10.1. The van der Waals surface area contributed by atoms with E-state index >= 15 is 0 Å². The number of carbonyl (C=O) groups excluding carboxylic acids is 1. The number of amides is 1. The molecule has 1 aromatic carbocycles. The van der Waals surface area contributed by atoms with E-state index in [1.165, 1.54) is 13.3 Å². The number of benzene rings is 1. The van der Waals surface area contributed by atoms with E-state index in [0.717, 1.165) is 17.8 Å². The van der Waals surface area contributed by atoms with Gasteiger partial charge in [0.25, 0.3) is 5.91 Å². The van der Waals surface area contributed by atoms with Crippen LogP contribution >= 0.6 is 11.6 Å². The summed E-state index contributed by atoms with van der Waals surface area (Å²) in [6, 6.07) is 7.81. The Labute approximate surface area is 170 Å². The van der Waals surface area contributed by atoms with Crippen molar-refractivity contribution in [2.24, 2.45) is 5.16 Å². The van der Waals surface area contributed by atoms with Crippen LogP contribution in [0.15, 0.2) is 41.7 Å². The molecule has 154 valence electrons. The van der Waals surface area contributed by atoms with E-state index in [-0.39, 0.29) is 16.7 Å². The second kappa shape index (κ2) is 8.69. The summed E-state index contributed by atoms with van der Waals surface area (Å²) in [5.41, 5.74) is 0.453. The molecule has 0 bridgehead atoms. The zero-order valence-corrected chi connectivity index (χ0v) is 16.2. The summed E-state index contributed by atoms with van der Waals surface area (Å²) in [7, 11) is 1.45. The van der Waals surface area contributed by atoms with Crippen LogP contribution in [0, 0.1) is 0 Å². The Morgan fingerprint density at radius 1 is 1.21 bits per heavy atom. The lowest BCUT2D eigenvalue weighted by Crippen LogP contribution is -2.49. The van der Waals surface area contributed by atoms with Crippen molar-refractivity contribution in [3.05, 3.63) is 58.2 Å². The molecule has 1 aliphatic rings. The number of aromatic nitrogens is 1. The summed E-state index contributed by atoms with van der Waals surface area (Å²) >= 11 is 6.01. The van der Waals surface area contributed by atoms with Crippen molar-refractivity contribution in [1.82, 2.24) is 9.88 Å². The molecule has 0 unspecified atom stereocenters. The van der Waals surface area contributed by atoms with Crippen LogP contribution in [0.1, 0.15) is 21.5 Å². The molecule has 0 spiro atoms. The summed E-state index contributed by atoms with van der Waals surface area (Å²) in [4.78, 5) is 24.6. The fraction of sp³-hybridized carbons (Fsp3) is 0.316. The average molecular weight is 427 g/mol. The topological polar surface area (TPSA) is 58.0 Å². The van der Waals surface area contributed by atoms with Gasteiger partial charge in [-0.2, -0.15) is 13.2 Å². The third-order valence-electron chi connectivity index (χ3n) is 4.48. The van der Waals surface area contributed by atoms with Gasteiger partial charge in [-0.25, -0.2) is 4.98 Å². The van der Waals surface area contributed by atoms with Gasteiger partial charge < -0.3 is 14.6 Å². The maximum atomic E-state index is 12.8. The summed E-state index contributed by atoms with van der Waals surface area (Å²) in [5, 5.41) is 3.60. The van der Waals surface area contributed by atoms with E-state index in [9.17, 15) is 18.0 Å². The first-order valence-corrected chi connectivity index (χ1v) is 9.11. The Hall–Kier alpha value is -2.81. The second-order valence-corrected chi connectivity index (χ2v) is 6.75. The Balaban J connectivity index is 1.63. The molecule has 10 heteroatoms. The van der Waals surface area contributed by atoms with Crippen LogP contribution in [0.25, 0.3) is 0 Å². The monoisotopic (exact) mass is 426 g/mol. The van der Waals surface area contributed by atoms with Gasteiger partial charge in [0.15, 0.2) is 0 Å². The van der Waals surface area contributed by atoms with Crippen LogP contribution in [0.2, 0.25) is 5.02 Å². The molecule has 1 saturated heterocycles. The number of alkyl halides is 3. The van der Waals surface area contributed by atoms with Gasteiger partial charge >= 0.3 is 6.18 Å². The predicted molar refractivity (Wildman–Crippen MR) is 103 cm³/mol. The smallest absolute Gasteiger partial charge is 0.399 e. The van der Waals surface area contributed by atoms with Crippen LogP contribution in [0.3, 0.4) is 0 Å². The van der Waals surface area contributed by atoms with Gasteiger partial charge in [0, 0.05) is 37.9 Å². The maximum absolute atomic E-state index is 12.8. The number of anilines is 1. The minimum atomic E-state index is -4.49. The Morgan fingerprint density at radius 2 is 1.86 bits per heavy atom. The highest BCUT2D eigenvalue weighted by molar-refractivity contribution is 6.33. The lowest BCUT2D eigenvalue weighted by molar-refractivity contribution is -0.137. The Bertz CT molecular complexity index is 895. The van der Waals surface area contributed by atoms with Gasteiger partial charge in [0.1, 0.15) is 12.9 Å². The summed E-state index contributed by atoms with van der Waals surface area (Å²) in [5.74, 6) is 0.167. The molecule has 0 radical (unpaired) electrons. The van der Waals surface area contributed by atoms with Crippen molar-refractivity contribution in [1.29, 1.82) is 0 Å². The highest BCUT2D eigenvalue weighted by Gasteiger charge is 2.32. The van der Waals surface area contributed by atoms with E-state index in [4.69, 9.17) is 11.6 Å². The molecule has 0 saturated carbocycles. The van der Waals surface area contributed by atoms with Gasteiger partial charge in [-0.1, -0.05) is 28.9 Å². The zero-order valence-electron chi connectivity index (χ0n) is 15.5. The molecule has 29 heavy (non-hydrogen) atoms. The molecule has 0 atom stereocenters. The number of carbonyl (C=O) groups is 1. The number of halogens is 4. The maximum Gasteiger partial charge on any atom is 0.417 e. The minimum Gasteiger partial charge on any atom is -0.399 e. The van der Waals surface area contributed by atoms with Crippen molar-refractivity contribution in [2.45, 2.75) is 6.18 Å². The van der Waals surface area contributed by atoms with Crippen molar-refractivity contribution < 1.29 is 22.8 Å². The SMILES string of the molecule is CO/N=C/c1ccc(C(=O)N2CCN(c3ncc(C(F)(F)F)cc3Cl)CC2)cc1. The van der Waals surface area contributed by atoms with Gasteiger partial charge in [0.2, 0.25) is 0 Å². The number of oxime groups is 1. The number of rotatable bonds is 4. The molecule has 0 N–H and O–H groups in total. The highest BCUT2D eigenvalue weighted by atomic mass is 35.5. The van der Waals surface area contributed by atoms with Gasteiger partial charge in [-0.15, -0.1) is 0 Å². The normalized spacial score (nSPS) is 15.1. The third-order valence-corrected chi connectivity index (χ3v) is 4.76. The summed E-state index contributed by atoms with van der Waals surface area (Å²) in [6.07, 6.45) is -2.19. The lowest BCUT2D eigenvalue weighted by Gasteiger charge is -2.35. The molecule has 1 aliphatic heterocycles. The van der Waals surface area contributed by atoms with E-state index in [0.29, 0.717) is 31.7 Å². The van der Waals surface area contributed by atoms with Gasteiger partial charge in [0.05, 0.1) is 16.8 Å². The second-order valence-electron chi connectivity index (χ2n) is 6.35. The molecule has 1 fully saturated rings. The Morgan fingerprint density at radius 3 is 2.41 bits per heavy atom. The van der Waals surface area contributed by atoms with Crippen LogP contribution in [0.5, 0.6) is 0 Å². The molecule has 1 aromatic heterocycles. The number of pyridine rings is 1. The first kappa shape index (κ1) is 20.9. The number of hydrogen-bond acceptors (Lipinski definition) is 5. The van der Waals surface area contributed by atoms with Crippen LogP contribution in [0.4, 0.5) is 19.0 Å². The largest absolute Gasteiger partial charge is 0.417 e.